The van der Waals surface area contributed by atoms with Crippen molar-refractivity contribution in [2.45, 2.75) is 43.2 Å². The van der Waals surface area contributed by atoms with Crippen LogP contribution in [0.2, 0.25) is 0 Å². The molecule has 1 aliphatic rings. The summed E-state index contributed by atoms with van der Waals surface area (Å²) in [4.78, 5) is 4.53. The SMILES string of the molecule is CC(N)C1CCCCN1S(=O)(=O)c1ccc2ncsc2c1. The lowest BCUT2D eigenvalue weighted by Gasteiger charge is -2.36. The van der Waals surface area contributed by atoms with Gasteiger partial charge in [-0.3, -0.25) is 0 Å². The van der Waals surface area contributed by atoms with Gasteiger partial charge in [-0.25, -0.2) is 13.4 Å². The van der Waals surface area contributed by atoms with Gasteiger partial charge < -0.3 is 5.73 Å². The molecule has 1 aromatic heterocycles. The molecule has 5 nitrogen and oxygen atoms in total. The minimum atomic E-state index is -3.49. The van der Waals surface area contributed by atoms with Crippen LogP contribution in [-0.4, -0.2) is 36.3 Å². The lowest BCUT2D eigenvalue weighted by Crippen LogP contribution is -2.51. The molecule has 21 heavy (non-hydrogen) atoms. The van der Waals surface area contributed by atoms with Crippen molar-refractivity contribution in [3.63, 3.8) is 0 Å². The number of sulfonamides is 1. The Bertz CT molecular complexity index is 740. The van der Waals surface area contributed by atoms with E-state index in [1.165, 1.54) is 11.3 Å². The van der Waals surface area contributed by atoms with Gasteiger partial charge >= 0.3 is 0 Å². The van der Waals surface area contributed by atoms with Gasteiger partial charge in [-0.15, -0.1) is 11.3 Å². The number of piperidine rings is 1. The number of hydrogen-bond donors (Lipinski definition) is 1. The number of fused-ring (bicyclic) bond motifs is 1. The van der Waals surface area contributed by atoms with E-state index in [1.54, 1.807) is 28.0 Å². The molecule has 1 fully saturated rings. The molecule has 7 heteroatoms. The van der Waals surface area contributed by atoms with E-state index in [2.05, 4.69) is 4.98 Å². The zero-order valence-electron chi connectivity index (χ0n) is 11.9. The highest BCUT2D eigenvalue weighted by Crippen LogP contribution is 2.29. The van der Waals surface area contributed by atoms with Crippen LogP contribution < -0.4 is 5.73 Å². The van der Waals surface area contributed by atoms with Crippen LogP contribution >= 0.6 is 11.3 Å². The molecule has 0 bridgehead atoms. The second-order valence-electron chi connectivity index (χ2n) is 5.52. The third kappa shape index (κ3) is 2.70. The first-order valence-electron chi connectivity index (χ1n) is 7.11. The van der Waals surface area contributed by atoms with Gasteiger partial charge in [-0.05, 0) is 38.0 Å². The number of hydrogen-bond acceptors (Lipinski definition) is 5. The van der Waals surface area contributed by atoms with Crippen molar-refractivity contribution in [2.75, 3.05) is 6.54 Å². The summed E-state index contributed by atoms with van der Waals surface area (Å²) >= 11 is 1.45. The summed E-state index contributed by atoms with van der Waals surface area (Å²) in [5.41, 5.74) is 8.56. The van der Waals surface area contributed by atoms with Gasteiger partial charge in [0.15, 0.2) is 0 Å². The number of rotatable bonds is 3. The van der Waals surface area contributed by atoms with Crippen molar-refractivity contribution in [1.29, 1.82) is 0 Å². The molecule has 1 saturated heterocycles. The van der Waals surface area contributed by atoms with Crippen LogP contribution in [0, 0.1) is 0 Å². The first-order valence-corrected chi connectivity index (χ1v) is 9.43. The number of thiazole rings is 1. The second-order valence-corrected chi connectivity index (χ2v) is 8.30. The summed E-state index contributed by atoms with van der Waals surface area (Å²) < 4.78 is 28.3. The first-order chi connectivity index (χ1) is 10.00. The highest BCUT2D eigenvalue weighted by molar-refractivity contribution is 7.89. The van der Waals surface area contributed by atoms with Crippen LogP contribution in [0.5, 0.6) is 0 Å². The second kappa shape index (κ2) is 5.64. The van der Waals surface area contributed by atoms with Crippen molar-refractivity contribution >= 4 is 31.6 Å². The highest BCUT2D eigenvalue weighted by Gasteiger charge is 2.35. The zero-order chi connectivity index (χ0) is 15.0. The molecule has 2 atom stereocenters. The van der Waals surface area contributed by atoms with Crippen molar-refractivity contribution < 1.29 is 8.42 Å². The van der Waals surface area contributed by atoms with Gasteiger partial charge in [0.2, 0.25) is 10.0 Å². The molecule has 1 aliphatic heterocycles. The fourth-order valence-electron chi connectivity index (χ4n) is 2.89. The monoisotopic (exact) mass is 325 g/mol. The number of aromatic nitrogens is 1. The Labute approximate surface area is 128 Å². The fraction of sp³-hybridized carbons (Fsp3) is 0.500. The van der Waals surface area contributed by atoms with Crippen LogP contribution in [0.15, 0.2) is 28.6 Å². The third-order valence-electron chi connectivity index (χ3n) is 4.01. The molecule has 0 amide bonds. The van der Waals surface area contributed by atoms with E-state index in [0.717, 1.165) is 29.5 Å². The van der Waals surface area contributed by atoms with E-state index in [0.29, 0.717) is 11.4 Å². The standard InChI is InChI=1S/C14H19N3O2S2/c1-10(15)13-4-2-3-7-17(13)21(18,19)11-5-6-12-14(8-11)20-9-16-12/h5-6,8-10,13H,2-4,7,15H2,1H3. The average molecular weight is 325 g/mol. The Morgan fingerprint density at radius 2 is 2.24 bits per heavy atom. The van der Waals surface area contributed by atoms with Crippen molar-refractivity contribution in [3.05, 3.63) is 23.7 Å². The van der Waals surface area contributed by atoms with Crippen molar-refractivity contribution in [1.82, 2.24) is 9.29 Å². The average Bonchev–Trinajstić information content (AvgIpc) is 2.94. The van der Waals surface area contributed by atoms with E-state index in [4.69, 9.17) is 5.73 Å². The van der Waals surface area contributed by atoms with Crippen LogP contribution in [0.3, 0.4) is 0 Å². The maximum absolute atomic E-state index is 12.9. The number of nitrogens with zero attached hydrogens (tertiary/aromatic N) is 2. The molecule has 2 N–H and O–H groups in total. The summed E-state index contributed by atoms with van der Waals surface area (Å²) in [7, 11) is -3.49. The molecule has 114 valence electrons. The Balaban J connectivity index is 2.01. The predicted octanol–water partition coefficient (Wildman–Crippen LogP) is 2.19. The summed E-state index contributed by atoms with van der Waals surface area (Å²) in [6, 6.07) is 4.86. The summed E-state index contributed by atoms with van der Waals surface area (Å²) in [6.45, 7) is 2.43. The Morgan fingerprint density at radius 3 is 3.00 bits per heavy atom. The molecule has 1 aromatic carbocycles. The van der Waals surface area contributed by atoms with E-state index in [1.807, 2.05) is 6.92 Å². The Hall–Kier alpha value is -1.02. The molecule has 2 heterocycles. The third-order valence-corrected chi connectivity index (χ3v) is 6.73. The van der Waals surface area contributed by atoms with Gasteiger partial charge in [0.05, 0.1) is 20.6 Å². The molecule has 0 aliphatic carbocycles. The molecule has 2 unspecified atom stereocenters. The summed E-state index contributed by atoms with van der Waals surface area (Å²) in [5.74, 6) is 0. The highest BCUT2D eigenvalue weighted by atomic mass is 32.2. The van der Waals surface area contributed by atoms with Crippen LogP contribution in [0.25, 0.3) is 10.2 Å². The maximum Gasteiger partial charge on any atom is 0.243 e. The topological polar surface area (TPSA) is 76.3 Å². The molecular formula is C14H19N3O2S2. The Morgan fingerprint density at radius 1 is 1.43 bits per heavy atom. The van der Waals surface area contributed by atoms with Gasteiger partial charge in [-0.2, -0.15) is 4.31 Å². The fourth-order valence-corrected chi connectivity index (χ4v) is 5.48. The van der Waals surface area contributed by atoms with Gasteiger partial charge in [0.25, 0.3) is 0 Å². The zero-order valence-corrected chi connectivity index (χ0v) is 13.5. The Kier molecular flexibility index (Phi) is 4.00. The molecule has 0 radical (unpaired) electrons. The van der Waals surface area contributed by atoms with E-state index >= 15 is 0 Å². The number of benzene rings is 1. The quantitative estimate of drug-likeness (QED) is 0.938. The molecule has 0 saturated carbocycles. The summed E-state index contributed by atoms with van der Waals surface area (Å²) in [6.07, 6.45) is 2.76. The lowest BCUT2D eigenvalue weighted by atomic mass is 10.00. The van der Waals surface area contributed by atoms with Gasteiger partial charge in [-0.1, -0.05) is 6.42 Å². The largest absolute Gasteiger partial charge is 0.326 e. The normalized spacial score (nSPS) is 22.5. The maximum atomic E-state index is 12.9. The first kappa shape index (κ1) is 14.9. The molecule has 3 rings (SSSR count). The predicted molar refractivity (Wildman–Crippen MR) is 84.8 cm³/mol. The molecule has 2 aromatic rings. The van der Waals surface area contributed by atoms with Crippen LogP contribution in [0.1, 0.15) is 26.2 Å². The molecule has 0 spiro atoms. The lowest BCUT2D eigenvalue weighted by molar-refractivity contribution is 0.227. The van der Waals surface area contributed by atoms with Gasteiger partial charge in [0.1, 0.15) is 0 Å². The van der Waals surface area contributed by atoms with Crippen molar-refractivity contribution in [2.24, 2.45) is 5.73 Å². The number of nitrogens with two attached hydrogens (primary N) is 1. The minimum Gasteiger partial charge on any atom is -0.326 e. The van der Waals surface area contributed by atoms with E-state index in [9.17, 15) is 8.42 Å². The van der Waals surface area contributed by atoms with Crippen molar-refractivity contribution in [3.8, 4) is 0 Å². The van der Waals surface area contributed by atoms with E-state index in [-0.39, 0.29) is 12.1 Å². The van der Waals surface area contributed by atoms with Gasteiger partial charge in [0, 0.05) is 18.6 Å². The smallest absolute Gasteiger partial charge is 0.243 e. The van der Waals surface area contributed by atoms with E-state index < -0.39 is 10.0 Å². The summed E-state index contributed by atoms with van der Waals surface area (Å²) in [5, 5.41) is 0. The van der Waals surface area contributed by atoms with Crippen LogP contribution in [0.4, 0.5) is 0 Å². The van der Waals surface area contributed by atoms with Crippen LogP contribution in [-0.2, 0) is 10.0 Å². The molecular weight excluding hydrogens is 306 g/mol. The minimum absolute atomic E-state index is 0.110.